The first-order chi connectivity index (χ1) is 7.84. The quantitative estimate of drug-likeness (QED) is 0.588. The number of anilines is 1. The highest BCUT2D eigenvalue weighted by Crippen LogP contribution is 2.27. The maximum absolute atomic E-state index is 11.7. The van der Waals surface area contributed by atoms with E-state index in [-0.39, 0.29) is 11.6 Å². The van der Waals surface area contributed by atoms with Crippen molar-refractivity contribution in [2.24, 2.45) is 0 Å². The number of hydrogen-bond donors (Lipinski definition) is 0. The van der Waals surface area contributed by atoms with E-state index >= 15 is 0 Å². The summed E-state index contributed by atoms with van der Waals surface area (Å²) in [6.45, 7) is 0. The molecule has 0 atom stereocenters. The number of amides is 1. The third-order valence-corrected chi connectivity index (χ3v) is 2.31. The fourth-order valence-electron chi connectivity index (χ4n) is 1.44. The molecule has 1 rings (SSSR count). The minimum atomic E-state index is -0.484. The summed E-state index contributed by atoms with van der Waals surface area (Å²) in [6.07, 6.45) is 0. The van der Waals surface area contributed by atoms with E-state index < -0.39 is 4.92 Å². The normalized spacial score (nSPS) is 9.88. The lowest BCUT2D eigenvalue weighted by Crippen LogP contribution is -2.22. The molecule has 0 aliphatic heterocycles. The first kappa shape index (κ1) is 13.0. The Bertz CT molecular complexity index is 455. The van der Waals surface area contributed by atoms with Gasteiger partial charge >= 0.3 is 0 Å². The molecule has 17 heavy (non-hydrogen) atoms. The van der Waals surface area contributed by atoms with Gasteiger partial charge in [-0.05, 0) is 12.1 Å². The van der Waals surface area contributed by atoms with E-state index in [1.807, 2.05) is 0 Å². The molecule has 0 spiro atoms. The van der Waals surface area contributed by atoms with Gasteiger partial charge in [0.25, 0.3) is 11.6 Å². The summed E-state index contributed by atoms with van der Waals surface area (Å²) in [4.78, 5) is 25.2. The first-order valence-electron chi connectivity index (χ1n) is 5.02. The summed E-state index contributed by atoms with van der Waals surface area (Å²) in [5.41, 5.74) is 0.723. The van der Waals surface area contributed by atoms with Crippen molar-refractivity contribution in [2.75, 3.05) is 33.1 Å². The SMILES string of the molecule is CN(C)C(=O)c1ccc(N(C)C)c([N+](=O)[O-])c1. The molecule has 1 aromatic carbocycles. The third kappa shape index (κ3) is 2.72. The van der Waals surface area contributed by atoms with Gasteiger partial charge in [0.05, 0.1) is 4.92 Å². The predicted octanol–water partition coefficient (Wildman–Crippen LogP) is 1.36. The molecular formula is C11H15N3O3. The molecule has 0 heterocycles. The van der Waals surface area contributed by atoms with Crippen LogP contribution in [0.1, 0.15) is 10.4 Å². The molecule has 1 aromatic rings. The highest BCUT2D eigenvalue weighted by molar-refractivity contribution is 5.95. The Labute approximate surface area is 99.6 Å². The van der Waals surface area contributed by atoms with Crippen LogP contribution in [0.3, 0.4) is 0 Å². The van der Waals surface area contributed by atoms with Gasteiger partial charge in [0.2, 0.25) is 0 Å². The zero-order valence-electron chi connectivity index (χ0n) is 10.3. The van der Waals surface area contributed by atoms with E-state index in [0.29, 0.717) is 11.3 Å². The number of nitrogens with zero attached hydrogens (tertiary/aromatic N) is 3. The zero-order valence-corrected chi connectivity index (χ0v) is 10.3. The van der Waals surface area contributed by atoms with Crippen molar-refractivity contribution in [1.29, 1.82) is 0 Å². The fourth-order valence-corrected chi connectivity index (χ4v) is 1.44. The van der Waals surface area contributed by atoms with E-state index in [4.69, 9.17) is 0 Å². The molecule has 0 unspecified atom stereocenters. The van der Waals surface area contributed by atoms with Crippen LogP contribution in [0.25, 0.3) is 0 Å². The van der Waals surface area contributed by atoms with Crippen LogP contribution in [-0.2, 0) is 0 Å². The van der Waals surface area contributed by atoms with Crippen molar-refractivity contribution in [3.8, 4) is 0 Å². The first-order valence-corrected chi connectivity index (χ1v) is 5.02. The van der Waals surface area contributed by atoms with Crippen molar-refractivity contribution < 1.29 is 9.72 Å². The number of rotatable bonds is 3. The molecule has 0 aliphatic carbocycles. The monoisotopic (exact) mass is 237 g/mol. The van der Waals surface area contributed by atoms with Crippen molar-refractivity contribution in [3.05, 3.63) is 33.9 Å². The number of nitro benzene ring substituents is 1. The molecule has 92 valence electrons. The Morgan fingerprint density at radius 3 is 2.24 bits per heavy atom. The molecule has 0 saturated carbocycles. The van der Waals surface area contributed by atoms with Gasteiger partial charge in [0, 0.05) is 39.8 Å². The highest BCUT2D eigenvalue weighted by atomic mass is 16.6. The Kier molecular flexibility index (Phi) is 3.67. The summed E-state index contributed by atoms with van der Waals surface area (Å²) in [5.74, 6) is -0.251. The molecule has 1 amide bonds. The van der Waals surface area contributed by atoms with E-state index in [2.05, 4.69) is 0 Å². The number of benzene rings is 1. The predicted molar refractivity (Wildman–Crippen MR) is 65.4 cm³/mol. The average molecular weight is 237 g/mol. The molecule has 0 aliphatic rings. The van der Waals surface area contributed by atoms with E-state index in [0.717, 1.165) is 0 Å². The maximum Gasteiger partial charge on any atom is 0.293 e. The molecule has 0 saturated heterocycles. The van der Waals surface area contributed by atoms with E-state index in [1.54, 1.807) is 45.2 Å². The van der Waals surface area contributed by atoms with Crippen molar-refractivity contribution in [3.63, 3.8) is 0 Å². The number of nitro groups is 1. The molecular weight excluding hydrogens is 222 g/mol. The minimum absolute atomic E-state index is 0.0669. The summed E-state index contributed by atoms with van der Waals surface area (Å²) >= 11 is 0. The number of hydrogen-bond acceptors (Lipinski definition) is 4. The van der Waals surface area contributed by atoms with Crippen LogP contribution in [0.4, 0.5) is 11.4 Å². The van der Waals surface area contributed by atoms with Crippen LogP contribution in [-0.4, -0.2) is 43.9 Å². The van der Waals surface area contributed by atoms with E-state index in [9.17, 15) is 14.9 Å². The minimum Gasteiger partial charge on any atom is -0.372 e. The molecule has 0 bridgehead atoms. The third-order valence-electron chi connectivity index (χ3n) is 2.31. The smallest absolute Gasteiger partial charge is 0.293 e. The van der Waals surface area contributed by atoms with Gasteiger partial charge in [-0.15, -0.1) is 0 Å². The zero-order chi connectivity index (χ0) is 13.2. The van der Waals surface area contributed by atoms with Gasteiger partial charge in [0.15, 0.2) is 0 Å². The second kappa shape index (κ2) is 4.82. The lowest BCUT2D eigenvalue weighted by molar-refractivity contribution is -0.384. The number of carbonyl (C=O) groups excluding carboxylic acids is 1. The summed E-state index contributed by atoms with van der Waals surface area (Å²) in [6, 6.07) is 4.47. The van der Waals surface area contributed by atoms with Crippen LogP contribution >= 0.6 is 0 Å². The molecule has 0 radical (unpaired) electrons. The van der Waals surface area contributed by atoms with Crippen LogP contribution in [0.15, 0.2) is 18.2 Å². The summed E-state index contributed by atoms with van der Waals surface area (Å²) < 4.78 is 0. The average Bonchev–Trinajstić information content (AvgIpc) is 2.26. The van der Waals surface area contributed by atoms with Crippen molar-refractivity contribution in [2.45, 2.75) is 0 Å². The summed E-state index contributed by atoms with van der Waals surface area (Å²) in [7, 11) is 6.65. The van der Waals surface area contributed by atoms with Gasteiger partial charge in [-0.25, -0.2) is 0 Å². The van der Waals surface area contributed by atoms with Crippen LogP contribution in [0, 0.1) is 10.1 Å². The fraction of sp³-hybridized carbons (Fsp3) is 0.364. The largest absolute Gasteiger partial charge is 0.372 e. The van der Waals surface area contributed by atoms with Gasteiger partial charge in [-0.1, -0.05) is 0 Å². The second-order valence-electron chi connectivity index (χ2n) is 4.05. The van der Waals surface area contributed by atoms with E-state index in [1.165, 1.54) is 11.0 Å². The molecule has 0 aromatic heterocycles. The lowest BCUT2D eigenvalue weighted by Gasteiger charge is -2.14. The van der Waals surface area contributed by atoms with Crippen LogP contribution < -0.4 is 4.90 Å². The van der Waals surface area contributed by atoms with Gasteiger partial charge in [-0.3, -0.25) is 14.9 Å². The maximum atomic E-state index is 11.7. The summed E-state index contributed by atoms with van der Waals surface area (Å²) in [5, 5.41) is 10.9. The topological polar surface area (TPSA) is 66.7 Å². The Balaban J connectivity index is 3.28. The molecule has 0 N–H and O–H groups in total. The second-order valence-corrected chi connectivity index (χ2v) is 4.05. The Hall–Kier alpha value is -2.11. The molecule has 6 heteroatoms. The van der Waals surface area contributed by atoms with Crippen LogP contribution in [0.2, 0.25) is 0 Å². The highest BCUT2D eigenvalue weighted by Gasteiger charge is 2.19. The van der Waals surface area contributed by atoms with Crippen molar-refractivity contribution in [1.82, 2.24) is 4.90 Å². The van der Waals surface area contributed by atoms with Gasteiger partial charge in [0.1, 0.15) is 5.69 Å². The Morgan fingerprint density at radius 2 is 1.82 bits per heavy atom. The van der Waals surface area contributed by atoms with Gasteiger partial charge in [-0.2, -0.15) is 0 Å². The molecule has 0 fully saturated rings. The standard InChI is InChI=1S/C11H15N3O3/c1-12(2)9-6-5-8(11(15)13(3)4)7-10(9)14(16)17/h5-7H,1-4H3. The van der Waals surface area contributed by atoms with Gasteiger partial charge < -0.3 is 9.80 Å². The van der Waals surface area contributed by atoms with Crippen molar-refractivity contribution >= 4 is 17.3 Å². The molecule has 6 nitrogen and oxygen atoms in total. The lowest BCUT2D eigenvalue weighted by atomic mass is 10.1. The van der Waals surface area contributed by atoms with Crippen LogP contribution in [0.5, 0.6) is 0 Å². The number of carbonyl (C=O) groups is 1. The Morgan fingerprint density at radius 1 is 1.24 bits per heavy atom.